The number of guanidine groups is 1. The minimum Gasteiger partial charge on any atom is -0.361 e. The molecule has 0 aliphatic carbocycles. The van der Waals surface area contributed by atoms with Gasteiger partial charge in [-0.3, -0.25) is 14.6 Å². The lowest BCUT2D eigenvalue weighted by Crippen LogP contribution is -2.52. The number of hydrogen-bond donors (Lipinski definition) is 1. The fraction of sp³-hybridized carbons (Fsp3) is 0.600. The summed E-state index contributed by atoms with van der Waals surface area (Å²) in [7, 11) is 3.70. The van der Waals surface area contributed by atoms with E-state index in [1.165, 1.54) is 0 Å². The van der Waals surface area contributed by atoms with Crippen LogP contribution in [-0.2, 0) is 20.1 Å². The maximum atomic E-state index is 5.13. The molecule has 0 unspecified atom stereocenters. The molecule has 1 saturated heterocycles. The van der Waals surface area contributed by atoms with Crippen LogP contribution in [0, 0.1) is 6.92 Å². The Morgan fingerprint density at radius 3 is 2.71 bits per heavy atom. The number of piperazine rings is 1. The molecular formula is C15H24N8O. The third kappa shape index (κ3) is 3.91. The van der Waals surface area contributed by atoms with Crippen molar-refractivity contribution >= 4 is 5.96 Å². The molecule has 0 spiro atoms. The summed E-state index contributed by atoms with van der Waals surface area (Å²) in [5.74, 6) is 2.64. The van der Waals surface area contributed by atoms with E-state index in [-0.39, 0.29) is 0 Å². The lowest BCUT2D eigenvalue weighted by Gasteiger charge is -2.36. The van der Waals surface area contributed by atoms with Gasteiger partial charge in [0.25, 0.3) is 0 Å². The quantitative estimate of drug-likeness (QED) is 0.623. The number of hydrogen-bond acceptors (Lipinski definition) is 6. The Hall–Kier alpha value is -2.42. The molecule has 1 aliphatic heterocycles. The summed E-state index contributed by atoms with van der Waals surface area (Å²) in [5, 5.41) is 11.5. The second kappa shape index (κ2) is 7.43. The van der Waals surface area contributed by atoms with Gasteiger partial charge < -0.3 is 14.7 Å². The van der Waals surface area contributed by atoms with Gasteiger partial charge in [-0.15, -0.1) is 0 Å². The molecule has 3 heterocycles. The lowest BCUT2D eigenvalue weighted by atomic mass is 10.3. The summed E-state index contributed by atoms with van der Waals surface area (Å²) in [6.45, 7) is 7.15. The topological polar surface area (TPSA) is 87.6 Å². The van der Waals surface area contributed by atoms with Crippen molar-refractivity contribution < 1.29 is 4.52 Å². The van der Waals surface area contributed by atoms with Crippen molar-refractivity contribution in [3.05, 3.63) is 29.7 Å². The van der Waals surface area contributed by atoms with Gasteiger partial charge in [0.2, 0.25) is 0 Å². The summed E-state index contributed by atoms with van der Waals surface area (Å²) in [5.41, 5.74) is 0.991. The molecule has 2 aromatic rings. The zero-order chi connectivity index (χ0) is 16.9. The van der Waals surface area contributed by atoms with Gasteiger partial charge in [-0.2, -0.15) is 5.10 Å². The van der Waals surface area contributed by atoms with Gasteiger partial charge in [0.05, 0.1) is 12.2 Å². The molecule has 0 bridgehead atoms. The Morgan fingerprint density at radius 1 is 1.33 bits per heavy atom. The minimum atomic E-state index is 0.613. The van der Waals surface area contributed by atoms with Crippen LogP contribution in [0.25, 0.3) is 0 Å². The lowest BCUT2D eigenvalue weighted by molar-refractivity contribution is 0.169. The zero-order valence-corrected chi connectivity index (χ0v) is 14.4. The van der Waals surface area contributed by atoms with E-state index in [0.717, 1.165) is 56.0 Å². The number of aryl methyl sites for hydroxylation is 2. The van der Waals surface area contributed by atoms with Crippen LogP contribution < -0.4 is 5.32 Å². The molecule has 1 aliphatic rings. The fourth-order valence-corrected chi connectivity index (χ4v) is 2.81. The van der Waals surface area contributed by atoms with E-state index in [0.29, 0.717) is 6.54 Å². The predicted octanol–water partition coefficient (Wildman–Crippen LogP) is 0.00472. The van der Waals surface area contributed by atoms with Crippen LogP contribution in [0.4, 0.5) is 0 Å². The van der Waals surface area contributed by atoms with E-state index >= 15 is 0 Å². The van der Waals surface area contributed by atoms with Gasteiger partial charge in [0.1, 0.15) is 17.9 Å². The van der Waals surface area contributed by atoms with E-state index in [1.54, 1.807) is 11.0 Å². The van der Waals surface area contributed by atoms with Crippen LogP contribution in [0.2, 0.25) is 0 Å². The highest BCUT2D eigenvalue weighted by atomic mass is 16.5. The summed E-state index contributed by atoms with van der Waals surface area (Å²) >= 11 is 0. The molecule has 0 saturated carbocycles. The van der Waals surface area contributed by atoms with Crippen LogP contribution in [-0.4, -0.2) is 68.9 Å². The summed E-state index contributed by atoms with van der Waals surface area (Å²) < 4.78 is 6.89. The normalized spacial score (nSPS) is 16.6. The molecule has 9 heteroatoms. The van der Waals surface area contributed by atoms with Crippen LogP contribution >= 0.6 is 0 Å². The van der Waals surface area contributed by atoms with Crippen LogP contribution in [0.3, 0.4) is 0 Å². The second-order valence-electron chi connectivity index (χ2n) is 5.89. The molecule has 1 fully saturated rings. The second-order valence-corrected chi connectivity index (χ2v) is 5.89. The van der Waals surface area contributed by atoms with Crippen LogP contribution in [0.5, 0.6) is 0 Å². The Labute approximate surface area is 141 Å². The predicted molar refractivity (Wildman–Crippen MR) is 89.3 cm³/mol. The molecule has 0 atom stereocenters. The molecule has 2 aromatic heterocycles. The van der Waals surface area contributed by atoms with Gasteiger partial charge in [-0.25, -0.2) is 4.98 Å². The Balaban J connectivity index is 1.48. The third-order valence-electron chi connectivity index (χ3n) is 4.16. The standard InChI is InChI=1S/C15H24N8O/c1-12-8-13(20-24-12)10-22-4-6-23(7-5-22)15(16-2)17-9-14-18-11-19-21(14)3/h8,11H,4-7,9-10H2,1-3H3,(H,16,17). The number of nitrogens with one attached hydrogen (secondary N) is 1. The largest absolute Gasteiger partial charge is 0.361 e. The zero-order valence-electron chi connectivity index (χ0n) is 14.4. The van der Waals surface area contributed by atoms with E-state index in [2.05, 4.69) is 35.3 Å². The molecule has 130 valence electrons. The van der Waals surface area contributed by atoms with E-state index in [9.17, 15) is 0 Å². The van der Waals surface area contributed by atoms with Crippen molar-refractivity contribution in [2.24, 2.45) is 12.0 Å². The molecular weight excluding hydrogens is 308 g/mol. The first-order chi connectivity index (χ1) is 11.7. The average molecular weight is 332 g/mol. The van der Waals surface area contributed by atoms with Gasteiger partial charge in [0, 0.05) is 52.9 Å². The van der Waals surface area contributed by atoms with Crippen LogP contribution in [0.1, 0.15) is 17.3 Å². The Kier molecular flexibility index (Phi) is 5.09. The monoisotopic (exact) mass is 332 g/mol. The first kappa shape index (κ1) is 16.4. The van der Waals surface area contributed by atoms with Crippen LogP contribution in [0.15, 0.2) is 21.9 Å². The van der Waals surface area contributed by atoms with Crippen molar-refractivity contribution in [1.29, 1.82) is 0 Å². The van der Waals surface area contributed by atoms with Gasteiger partial charge in [-0.1, -0.05) is 5.16 Å². The number of aliphatic imine (C=N–C) groups is 1. The number of aromatic nitrogens is 4. The average Bonchev–Trinajstić information content (AvgIpc) is 3.18. The first-order valence-electron chi connectivity index (χ1n) is 8.08. The van der Waals surface area contributed by atoms with E-state index in [4.69, 9.17) is 4.52 Å². The van der Waals surface area contributed by atoms with Gasteiger partial charge in [-0.05, 0) is 6.92 Å². The van der Waals surface area contributed by atoms with Crippen molar-refractivity contribution in [2.45, 2.75) is 20.0 Å². The minimum absolute atomic E-state index is 0.613. The van der Waals surface area contributed by atoms with E-state index < -0.39 is 0 Å². The molecule has 0 amide bonds. The fourth-order valence-electron chi connectivity index (χ4n) is 2.81. The molecule has 0 aromatic carbocycles. The SMILES string of the molecule is CN=C(NCc1ncnn1C)N1CCN(Cc2cc(C)on2)CC1. The third-order valence-corrected chi connectivity index (χ3v) is 4.16. The van der Waals surface area contributed by atoms with Crippen molar-refractivity contribution in [1.82, 2.24) is 35.0 Å². The summed E-state index contributed by atoms with van der Waals surface area (Å²) in [6, 6.07) is 1.99. The maximum Gasteiger partial charge on any atom is 0.194 e. The van der Waals surface area contributed by atoms with Crippen molar-refractivity contribution in [2.75, 3.05) is 33.2 Å². The smallest absolute Gasteiger partial charge is 0.194 e. The number of rotatable bonds is 4. The van der Waals surface area contributed by atoms with Crippen molar-refractivity contribution in [3.63, 3.8) is 0 Å². The molecule has 0 radical (unpaired) electrons. The first-order valence-corrected chi connectivity index (χ1v) is 8.08. The maximum absolute atomic E-state index is 5.13. The molecule has 24 heavy (non-hydrogen) atoms. The number of nitrogens with zero attached hydrogens (tertiary/aromatic N) is 7. The Bertz CT molecular complexity index is 683. The summed E-state index contributed by atoms with van der Waals surface area (Å²) in [4.78, 5) is 13.2. The molecule has 9 nitrogen and oxygen atoms in total. The highest BCUT2D eigenvalue weighted by Crippen LogP contribution is 2.09. The van der Waals surface area contributed by atoms with Crippen molar-refractivity contribution in [3.8, 4) is 0 Å². The van der Waals surface area contributed by atoms with Gasteiger partial charge >= 0.3 is 0 Å². The van der Waals surface area contributed by atoms with Gasteiger partial charge in [0.15, 0.2) is 5.96 Å². The summed E-state index contributed by atoms with van der Waals surface area (Å²) in [6.07, 6.45) is 1.56. The highest BCUT2D eigenvalue weighted by molar-refractivity contribution is 5.79. The molecule has 3 rings (SSSR count). The highest BCUT2D eigenvalue weighted by Gasteiger charge is 2.20. The Morgan fingerprint density at radius 2 is 2.12 bits per heavy atom. The molecule has 1 N–H and O–H groups in total. The van der Waals surface area contributed by atoms with E-state index in [1.807, 2.05) is 27.1 Å².